The normalized spacial score (nSPS) is 10.3. The van der Waals surface area contributed by atoms with Gasteiger partial charge in [-0.05, 0) is 41.8 Å². The first kappa shape index (κ1) is 14.3. The lowest BCUT2D eigenvalue weighted by atomic mass is 10.1. The maximum absolute atomic E-state index is 12.1. The van der Waals surface area contributed by atoms with E-state index >= 15 is 0 Å². The number of carbonyl (C=O) groups excluding carboxylic acids is 1. The van der Waals surface area contributed by atoms with Gasteiger partial charge in [0, 0.05) is 18.4 Å². The molecule has 0 radical (unpaired) electrons. The number of carbonyl (C=O) groups is 1. The number of hydrogen-bond acceptors (Lipinski definition) is 2. The van der Waals surface area contributed by atoms with Gasteiger partial charge in [-0.15, -0.1) is 0 Å². The molecule has 3 nitrogen and oxygen atoms in total. The summed E-state index contributed by atoms with van der Waals surface area (Å²) in [6, 6.07) is 15.3. The Morgan fingerprint density at radius 1 is 1.00 bits per heavy atom. The van der Waals surface area contributed by atoms with Crippen LogP contribution in [-0.2, 0) is 17.8 Å². The molecular weight excluding hydrogens is 250 g/mol. The van der Waals surface area contributed by atoms with E-state index in [1.807, 2.05) is 48.5 Å². The molecule has 0 saturated heterocycles. The first-order valence-corrected chi connectivity index (χ1v) is 6.71. The van der Waals surface area contributed by atoms with Gasteiger partial charge >= 0.3 is 0 Å². The van der Waals surface area contributed by atoms with Gasteiger partial charge in [-0.1, -0.05) is 31.2 Å². The largest absolute Gasteiger partial charge is 0.380 e. The van der Waals surface area contributed by atoms with Crippen LogP contribution in [0.2, 0.25) is 0 Å². The molecule has 0 unspecified atom stereocenters. The van der Waals surface area contributed by atoms with Crippen molar-refractivity contribution in [2.45, 2.75) is 20.0 Å². The van der Waals surface area contributed by atoms with Gasteiger partial charge in [0.15, 0.2) is 0 Å². The van der Waals surface area contributed by atoms with Gasteiger partial charge in [0.2, 0.25) is 0 Å². The second-order valence-corrected chi connectivity index (χ2v) is 4.63. The minimum Gasteiger partial charge on any atom is -0.380 e. The van der Waals surface area contributed by atoms with Crippen molar-refractivity contribution in [3.05, 3.63) is 65.2 Å². The van der Waals surface area contributed by atoms with Crippen LogP contribution in [0, 0.1) is 0 Å². The quantitative estimate of drug-likeness (QED) is 0.899. The number of rotatable bonds is 5. The molecule has 2 aromatic rings. The first-order chi connectivity index (χ1) is 9.72. The van der Waals surface area contributed by atoms with Gasteiger partial charge in [0.25, 0.3) is 5.91 Å². The summed E-state index contributed by atoms with van der Waals surface area (Å²) in [5, 5.41) is 2.89. The minimum absolute atomic E-state index is 0.0989. The van der Waals surface area contributed by atoms with E-state index in [0.717, 1.165) is 17.7 Å². The molecular formula is C17H19NO2. The molecule has 20 heavy (non-hydrogen) atoms. The summed E-state index contributed by atoms with van der Waals surface area (Å²) in [6.45, 7) is 2.66. The number of methoxy groups -OCH3 is 1. The third-order valence-corrected chi connectivity index (χ3v) is 3.15. The smallest absolute Gasteiger partial charge is 0.255 e. The molecule has 0 aliphatic rings. The van der Waals surface area contributed by atoms with Crippen LogP contribution in [0.4, 0.5) is 5.69 Å². The second-order valence-electron chi connectivity index (χ2n) is 4.63. The van der Waals surface area contributed by atoms with Crippen molar-refractivity contribution in [2.24, 2.45) is 0 Å². The van der Waals surface area contributed by atoms with Crippen LogP contribution < -0.4 is 5.32 Å². The van der Waals surface area contributed by atoms with Crippen LogP contribution >= 0.6 is 0 Å². The van der Waals surface area contributed by atoms with E-state index in [2.05, 4.69) is 12.2 Å². The van der Waals surface area contributed by atoms with Crippen LogP contribution in [0.15, 0.2) is 48.5 Å². The SMILES string of the molecule is CCc1ccc(NC(=O)c2ccc(COC)cc2)cc1. The maximum Gasteiger partial charge on any atom is 0.255 e. The van der Waals surface area contributed by atoms with Crippen molar-refractivity contribution < 1.29 is 9.53 Å². The van der Waals surface area contributed by atoms with Crippen LogP contribution in [-0.4, -0.2) is 13.0 Å². The van der Waals surface area contributed by atoms with Crippen LogP contribution in [0.3, 0.4) is 0 Å². The van der Waals surface area contributed by atoms with Gasteiger partial charge in [-0.25, -0.2) is 0 Å². The monoisotopic (exact) mass is 269 g/mol. The summed E-state index contributed by atoms with van der Waals surface area (Å²) >= 11 is 0. The highest BCUT2D eigenvalue weighted by atomic mass is 16.5. The topological polar surface area (TPSA) is 38.3 Å². The Bertz CT molecular complexity index is 559. The predicted octanol–water partition coefficient (Wildman–Crippen LogP) is 3.65. The van der Waals surface area contributed by atoms with Gasteiger partial charge in [-0.3, -0.25) is 4.79 Å². The van der Waals surface area contributed by atoms with Gasteiger partial charge in [0.05, 0.1) is 6.61 Å². The lowest BCUT2D eigenvalue weighted by molar-refractivity contribution is 0.102. The fourth-order valence-electron chi connectivity index (χ4n) is 1.95. The Hall–Kier alpha value is -2.13. The Kier molecular flexibility index (Phi) is 4.91. The van der Waals surface area contributed by atoms with Crippen LogP contribution in [0.5, 0.6) is 0 Å². The lowest BCUT2D eigenvalue weighted by Gasteiger charge is -2.07. The van der Waals surface area contributed by atoms with Crippen molar-refractivity contribution >= 4 is 11.6 Å². The molecule has 0 spiro atoms. The average Bonchev–Trinajstić information content (AvgIpc) is 2.49. The molecule has 0 aliphatic carbocycles. The summed E-state index contributed by atoms with van der Waals surface area (Å²) in [4.78, 5) is 12.1. The first-order valence-electron chi connectivity index (χ1n) is 6.71. The third kappa shape index (κ3) is 3.68. The van der Waals surface area contributed by atoms with Crippen molar-refractivity contribution in [1.29, 1.82) is 0 Å². The Labute approximate surface area is 119 Å². The molecule has 0 aromatic heterocycles. The van der Waals surface area contributed by atoms with Gasteiger partial charge in [0.1, 0.15) is 0 Å². The molecule has 0 bridgehead atoms. The highest BCUT2D eigenvalue weighted by Gasteiger charge is 2.05. The number of ether oxygens (including phenoxy) is 1. The summed E-state index contributed by atoms with van der Waals surface area (Å²) in [7, 11) is 1.65. The van der Waals surface area contributed by atoms with E-state index in [9.17, 15) is 4.79 Å². The summed E-state index contributed by atoms with van der Waals surface area (Å²) in [6.07, 6.45) is 0.995. The van der Waals surface area contributed by atoms with E-state index in [1.165, 1.54) is 5.56 Å². The summed E-state index contributed by atoms with van der Waals surface area (Å²) in [5.41, 5.74) is 3.76. The van der Waals surface area contributed by atoms with E-state index in [1.54, 1.807) is 7.11 Å². The molecule has 0 heterocycles. The average molecular weight is 269 g/mol. The van der Waals surface area contributed by atoms with E-state index < -0.39 is 0 Å². The highest BCUT2D eigenvalue weighted by Crippen LogP contribution is 2.12. The van der Waals surface area contributed by atoms with Crippen molar-refractivity contribution in [2.75, 3.05) is 12.4 Å². The minimum atomic E-state index is -0.0989. The fourth-order valence-corrected chi connectivity index (χ4v) is 1.95. The molecule has 0 saturated carbocycles. The Morgan fingerprint density at radius 2 is 1.60 bits per heavy atom. The number of aryl methyl sites for hydroxylation is 1. The molecule has 104 valence electrons. The summed E-state index contributed by atoms with van der Waals surface area (Å²) in [5.74, 6) is -0.0989. The number of amides is 1. The van der Waals surface area contributed by atoms with E-state index in [-0.39, 0.29) is 5.91 Å². The molecule has 0 fully saturated rings. The summed E-state index contributed by atoms with van der Waals surface area (Å²) < 4.78 is 5.05. The zero-order chi connectivity index (χ0) is 14.4. The molecule has 0 aliphatic heterocycles. The standard InChI is InChI=1S/C17H19NO2/c1-3-13-6-10-16(11-7-13)18-17(19)15-8-4-14(5-9-15)12-20-2/h4-11H,3,12H2,1-2H3,(H,18,19). The highest BCUT2D eigenvalue weighted by molar-refractivity contribution is 6.04. The number of nitrogens with one attached hydrogen (secondary N) is 1. The lowest BCUT2D eigenvalue weighted by Crippen LogP contribution is -2.11. The van der Waals surface area contributed by atoms with Crippen molar-refractivity contribution in [3.63, 3.8) is 0 Å². The van der Waals surface area contributed by atoms with Crippen molar-refractivity contribution in [3.8, 4) is 0 Å². The van der Waals surface area contributed by atoms with Crippen LogP contribution in [0.25, 0.3) is 0 Å². The zero-order valence-electron chi connectivity index (χ0n) is 11.8. The Balaban J connectivity index is 2.03. The molecule has 1 amide bonds. The predicted molar refractivity (Wildman–Crippen MR) is 80.9 cm³/mol. The number of hydrogen-bond donors (Lipinski definition) is 1. The van der Waals surface area contributed by atoms with Gasteiger partial charge in [-0.2, -0.15) is 0 Å². The Morgan fingerprint density at radius 3 is 2.15 bits per heavy atom. The molecule has 1 N–H and O–H groups in total. The molecule has 2 aromatic carbocycles. The second kappa shape index (κ2) is 6.87. The molecule has 0 atom stereocenters. The van der Waals surface area contributed by atoms with Gasteiger partial charge < -0.3 is 10.1 Å². The maximum atomic E-state index is 12.1. The fraction of sp³-hybridized carbons (Fsp3) is 0.235. The van der Waals surface area contributed by atoms with E-state index in [4.69, 9.17) is 4.74 Å². The number of anilines is 1. The number of benzene rings is 2. The third-order valence-electron chi connectivity index (χ3n) is 3.15. The molecule has 2 rings (SSSR count). The van der Waals surface area contributed by atoms with Crippen LogP contribution in [0.1, 0.15) is 28.4 Å². The molecule has 3 heteroatoms. The van der Waals surface area contributed by atoms with E-state index in [0.29, 0.717) is 12.2 Å². The zero-order valence-corrected chi connectivity index (χ0v) is 11.8. The van der Waals surface area contributed by atoms with Crippen molar-refractivity contribution in [1.82, 2.24) is 0 Å².